The standard InChI is InChI=1S/C22H23FN6.HI/c1-26-22(27-14-18-9-8-16(12-24)11-20(18)23)28-19-6-4-10-29(15-19)21-7-3-2-5-17(21)13-25;/h2-3,5,7-9,11,19H,4,6,10,14-15H2,1H3,(H2,26,27,28);1H. The van der Waals surface area contributed by atoms with Crippen LogP contribution in [0.5, 0.6) is 0 Å². The number of nitrogens with one attached hydrogen (secondary N) is 2. The van der Waals surface area contributed by atoms with Crippen molar-refractivity contribution >= 4 is 35.6 Å². The first-order valence-electron chi connectivity index (χ1n) is 9.54. The zero-order chi connectivity index (χ0) is 20.6. The number of piperidine rings is 1. The molecule has 0 radical (unpaired) electrons. The Morgan fingerprint density at radius 2 is 2.03 bits per heavy atom. The Labute approximate surface area is 193 Å². The molecule has 1 aliphatic rings. The summed E-state index contributed by atoms with van der Waals surface area (Å²) in [5.41, 5.74) is 2.39. The Balaban J connectivity index is 0.00000320. The van der Waals surface area contributed by atoms with Crippen LogP contribution in [-0.4, -0.2) is 32.1 Å². The minimum atomic E-state index is -0.413. The number of para-hydroxylation sites is 1. The van der Waals surface area contributed by atoms with Gasteiger partial charge in [-0.25, -0.2) is 4.39 Å². The van der Waals surface area contributed by atoms with E-state index in [1.54, 1.807) is 19.2 Å². The summed E-state index contributed by atoms with van der Waals surface area (Å²) in [5, 5.41) is 24.7. The lowest BCUT2D eigenvalue weighted by Gasteiger charge is -2.35. The first kappa shape index (κ1) is 23.4. The summed E-state index contributed by atoms with van der Waals surface area (Å²) in [5.74, 6) is 0.179. The number of aliphatic imine (C=N–C) groups is 1. The van der Waals surface area contributed by atoms with Crippen LogP contribution in [-0.2, 0) is 6.54 Å². The quantitative estimate of drug-likeness (QED) is 0.368. The van der Waals surface area contributed by atoms with E-state index in [0.717, 1.165) is 31.6 Å². The fraction of sp³-hybridized carbons (Fsp3) is 0.318. The van der Waals surface area contributed by atoms with Crippen molar-refractivity contribution in [2.24, 2.45) is 4.99 Å². The number of rotatable bonds is 4. The third kappa shape index (κ3) is 5.83. The Kier molecular flexibility index (Phi) is 8.88. The largest absolute Gasteiger partial charge is 0.368 e. The molecule has 1 aliphatic heterocycles. The van der Waals surface area contributed by atoms with Crippen LogP contribution in [0.4, 0.5) is 10.1 Å². The van der Waals surface area contributed by atoms with Gasteiger partial charge in [0.25, 0.3) is 0 Å². The van der Waals surface area contributed by atoms with E-state index in [0.29, 0.717) is 22.6 Å². The van der Waals surface area contributed by atoms with Gasteiger partial charge in [-0.2, -0.15) is 10.5 Å². The van der Waals surface area contributed by atoms with Gasteiger partial charge in [0.15, 0.2) is 5.96 Å². The molecule has 0 spiro atoms. The molecule has 0 aromatic heterocycles. The Morgan fingerprint density at radius 1 is 1.23 bits per heavy atom. The number of guanidine groups is 1. The van der Waals surface area contributed by atoms with Crippen molar-refractivity contribution in [1.29, 1.82) is 10.5 Å². The molecule has 1 heterocycles. The van der Waals surface area contributed by atoms with Crippen molar-refractivity contribution < 1.29 is 4.39 Å². The molecule has 156 valence electrons. The van der Waals surface area contributed by atoms with E-state index in [1.165, 1.54) is 6.07 Å². The maximum atomic E-state index is 14.1. The van der Waals surface area contributed by atoms with Gasteiger partial charge in [0.05, 0.1) is 22.9 Å². The minimum Gasteiger partial charge on any atom is -0.368 e. The molecule has 1 unspecified atom stereocenters. The van der Waals surface area contributed by atoms with Gasteiger partial charge in [-0.3, -0.25) is 4.99 Å². The van der Waals surface area contributed by atoms with Gasteiger partial charge < -0.3 is 15.5 Å². The highest BCUT2D eigenvalue weighted by molar-refractivity contribution is 14.0. The molecule has 3 rings (SSSR count). The minimum absolute atomic E-state index is 0. The second-order valence-corrected chi connectivity index (χ2v) is 6.90. The second-order valence-electron chi connectivity index (χ2n) is 6.90. The topological polar surface area (TPSA) is 87.2 Å². The average molecular weight is 518 g/mol. The van der Waals surface area contributed by atoms with Crippen LogP contribution in [0.15, 0.2) is 47.5 Å². The van der Waals surface area contributed by atoms with Gasteiger partial charge in [0.2, 0.25) is 0 Å². The zero-order valence-electron chi connectivity index (χ0n) is 16.7. The van der Waals surface area contributed by atoms with Crippen LogP contribution in [0, 0.1) is 28.5 Å². The summed E-state index contributed by atoms with van der Waals surface area (Å²) < 4.78 is 14.1. The average Bonchev–Trinajstić information content (AvgIpc) is 2.77. The van der Waals surface area contributed by atoms with Crippen molar-refractivity contribution in [2.75, 3.05) is 25.0 Å². The highest BCUT2D eigenvalue weighted by Crippen LogP contribution is 2.23. The number of nitrogens with zero attached hydrogens (tertiary/aromatic N) is 4. The molecule has 1 atom stereocenters. The first-order valence-corrected chi connectivity index (χ1v) is 9.54. The third-order valence-corrected chi connectivity index (χ3v) is 4.98. The number of nitriles is 2. The fourth-order valence-corrected chi connectivity index (χ4v) is 3.48. The van der Waals surface area contributed by atoms with Crippen molar-refractivity contribution in [2.45, 2.75) is 25.4 Å². The molecule has 2 aromatic rings. The highest BCUT2D eigenvalue weighted by Gasteiger charge is 2.22. The molecule has 30 heavy (non-hydrogen) atoms. The molecule has 1 saturated heterocycles. The van der Waals surface area contributed by atoms with Crippen molar-refractivity contribution in [3.63, 3.8) is 0 Å². The van der Waals surface area contributed by atoms with Crippen molar-refractivity contribution in [3.05, 3.63) is 65.0 Å². The lowest BCUT2D eigenvalue weighted by Crippen LogP contribution is -2.51. The molecule has 6 nitrogen and oxygen atoms in total. The Bertz CT molecular complexity index is 978. The van der Waals surface area contributed by atoms with E-state index in [-0.39, 0.29) is 36.6 Å². The van der Waals surface area contributed by atoms with Crippen LogP contribution in [0.25, 0.3) is 0 Å². The number of halogens is 2. The highest BCUT2D eigenvalue weighted by atomic mass is 127. The molecule has 2 aromatic carbocycles. The third-order valence-electron chi connectivity index (χ3n) is 4.98. The van der Waals surface area contributed by atoms with Crippen molar-refractivity contribution in [1.82, 2.24) is 10.6 Å². The predicted molar refractivity (Wildman–Crippen MR) is 126 cm³/mol. The Hall–Kier alpha value is -2.85. The van der Waals surface area contributed by atoms with Crippen LogP contribution < -0.4 is 15.5 Å². The fourth-order valence-electron chi connectivity index (χ4n) is 3.48. The molecular weight excluding hydrogens is 494 g/mol. The number of hydrogen-bond donors (Lipinski definition) is 2. The normalized spacial score (nSPS) is 16.1. The monoisotopic (exact) mass is 518 g/mol. The second kappa shape index (κ2) is 11.4. The SMILES string of the molecule is CN=C(NCc1ccc(C#N)cc1F)NC1CCCN(c2ccccc2C#N)C1.I. The molecule has 1 fully saturated rings. The van der Waals surface area contributed by atoms with Gasteiger partial charge in [-0.05, 0) is 37.1 Å². The van der Waals surface area contributed by atoms with E-state index in [2.05, 4.69) is 26.6 Å². The predicted octanol–water partition coefficient (Wildman–Crippen LogP) is 3.52. The molecular formula is C22H24FIN6. The molecule has 0 saturated carbocycles. The van der Waals surface area contributed by atoms with E-state index >= 15 is 0 Å². The van der Waals surface area contributed by atoms with E-state index in [1.807, 2.05) is 30.3 Å². The van der Waals surface area contributed by atoms with Gasteiger partial charge in [0, 0.05) is 38.3 Å². The van der Waals surface area contributed by atoms with E-state index in [4.69, 9.17) is 5.26 Å². The van der Waals surface area contributed by atoms with Crippen LogP contribution in [0.3, 0.4) is 0 Å². The molecule has 0 amide bonds. The first-order chi connectivity index (χ1) is 14.1. The molecule has 2 N–H and O–H groups in total. The lowest BCUT2D eigenvalue weighted by atomic mass is 10.0. The number of benzene rings is 2. The number of hydrogen-bond acceptors (Lipinski definition) is 4. The summed E-state index contributed by atoms with van der Waals surface area (Å²) in [4.78, 5) is 6.46. The van der Waals surface area contributed by atoms with Gasteiger partial charge in [-0.15, -0.1) is 24.0 Å². The van der Waals surface area contributed by atoms with Gasteiger partial charge >= 0.3 is 0 Å². The molecule has 8 heteroatoms. The van der Waals surface area contributed by atoms with Crippen LogP contribution in [0.2, 0.25) is 0 Å². The summed E-state index contributed by atoms with van der Waals surface area (Å²) in [7, 11) is 1.68. The lowest BCUT2D eigenvalue weighted by molar-refractivity contribution is 0.467. The van der Waals surface area contributed by atoms with Crippen LogP contribution in [0.1, 0.15) is 29.5 Å². The van der Waals surface area contributed by atoms with E-state index < -0.39 is 5.82 Å². The summed E-state index contributed by atoms with van der Waals surface area (Å²) in [6, 6.07) is 16.4. The smallest absolute Gasteiger partial charge is 0.191 e. The van der Waals surface area contributed by atoms with E-state index in [9.17, 15) is 9.65 Å². The van der Waals surface area contributed by atoms with Crippen LogP contribution >= 0.6 is 24.0 Å². The number of anilines is 1. The maximum absolute atomic E-state index is 14.1. The van der Waals surface area contributed by atoms with Gasteiger partial charge in [0.1, 0.15) is 11.9 Å². The summed E-state index contributed by atoms with van der Waals surface area (Å²) >= 11 is 0. The Morgan fingerprint density at radius 3 is 2.73 bits per heavy atom. The maximum Gasteiger partial charge on any atom is 0.191 e. The zero-order valence-corrected chi connectivity index (χ0v) is 19.1. The van der Waals surface area contributed by atoms with Gasteiger partial charge in [-0.1, -0.05) is 18.2 Å². The molecule has 0 bridgehead atoms. The van der Waals surface area contributed by atoms with Crippen molar-refractivity contribution in [3.8, 4) is 12.1 Å². The summed E-state index contributed by atoms with van der Waals surface area (Å²) in [6.45, 7) is 1.93. The summed E-state index contributed by atoms with van der Waals surface area (Å²) in [6.07, 6.45) is 1.98. The molecule has 0 aliphatic carbocycles.